The molecule has 0 saturated carbocycles. The van der Waals surface area contributed by atoms with Gasteiger partial charge in [-0.3, -0.25) is 0 Å². The van der Waals surface area contributed by atoms with E-state index in [1.807, 2.05) is 20.8 Å². The lowest BCUT2D eigenvalue weighted by molar-refractivity contribution is 1.05. The molecular weight excluding hydrogens is 204 g/mol. The van der Waals surface area contributed by atoms with Crippen molar-refractivity contribution in [2.45, 2.75) is 27.7 Å². The summed E-state index contributed by atoms with van der Waals surface area (Å²) in [6.07, 6.45) is 0. The minimum absolute atomic E-state index is 0.998. The Hall–Kier alpha value is -1.22. The quantitative estimate of drug-likeness (QED) is 0.729. The summed E-state index contributed by atoms with van der Waals surface area (Å²) in [6, 6.07) is 8.34. The number of benzene rings is 1. The fourth-order valence-corrected chi connectivity index (χ4v) is 1.81. The number of hydrogen-bond acceptors (Lipinski definition) is 3. The predicted molar refractivity (Wildman–Crippen MR) is 66.2 cm³/mol. The minimum atomic E-state index is 0.998. The second kappa shape index (κ2) is 5.61. The molecule has 0 radical (unpaired) electrons. The van der Waals surface area contributed by atoms with Gasteiger partial charge in [0, 0.05) is 5.56 Å². The molecule has 0 fully saturated rings. The van der Waals surface area contributed by atoms with Crippen molar-refractivity contribution in [2.75, 3.05) is 0 Å². The summed E-state index contributed by atoms with van der Waals surface area (Å²) in [7, 11) is 0. The Morgan fingerprint density at radius 1 is 0.933 bits per heavy atom. The van der Waals surface area contributed by atoms with Crippen molar-refractivity contribution >= 4 is 11.3 Å². The SMILES string of the molecule is CC.Cc1ccc(-c2nnc(C)s2)cc1. The molecule has 0 amide bonds. The summed E-state index contributed by atoms with van der Waals surface area (Å²) in [5.74, 6) is 0. The van der Waals surface area contributed by atoms with E-state index in [2.05, 4.69) is 41.4 Å². The van der Waals surface area contributed by atoms with E-state index in [0.29, 0.717) is 0 Å². The van der Waals surface area contributed by atoms with Gasteiger partial charge in [-0.15, -0.1) is 10.2 Å². The first kappa shape index (κ1) is 11.9. The van der Waals surface area contributed by atoms with Crippen LogP contribution in [0.2, 0.25) is 0 Å². The van der Waals surface area contributed by atoms with Gasteiger partial charge < -0.3 is 0 Å². The van der Waals surface area contributed by atoms with Crippen LogP contribution in [0, 0.1) is 13.8 Å². The maximum absolute atomic E-state index is 4.08. The van der Waals surface area contributed by atoms with Crippen molar-refractivity contribution in [2.24, 2.45) is 0 Å². The van der Waals surface area contributed by atoms with E-state index >= 15 is 0 Å². The van der Waals surface area contributed by atoms with Crippen LogP contribution in [0.4, 0.5) is 0 Å². The van der Waals surface area contributed by atoms with Gasteiger partial charge in [0.15, 0.2) is 0 Å². The maximum atomic E-state index is 4.08. The number of hydrogen-bond donors (Lipinski definition) is 0. The second-order valence-electron chi connectivity index (χ2n) is 2.99. The Labute approximate surface area is 95.0 Å². The molecule has 0 aliphatic heterocycles. The molecule has 0 spiro atoms. The molecule has 0 aliphatic rings. The van der Waals surface area contributed by atoms with E-state index in [1.54, 1.807) is 11.3 Å². The van der Waals surface area contributed by atoms with Crippen molar-refractivity contribution < 1.29 is 0 Å². The first-order valence-electron chi connectivity index (χ1n) is 5.13. The molecule has 80 valence electrons. The van der Waals surface area contributed by atoms with Crippen molar-refractivity contribution in [3.8, 4) is 10.6 Å². The first-order valence-corrected chi connectivity index (χ1v) is 5.94. The Balaban J connectivity index is 0.000000531. The zero-order valence-corrected chi connectivity index (χ0v) is 10.4. The molecule has 15 heavy (non-hydrogen) atoms. The minimum Gasteiger partial charge on any atom is -0.143 e. The van der Waals surface area contributed by atoms with Gasteiger partial charge in [0.2, 0.25) is 0 Å². The lowest BCUT2D eigenvalue weighted by Gasteiger charge is -1.94. The summed E-state index contributed by atoms with van der Waals surface area (Å²) >= 11 is 1.62. The molecule has 0 bridgehead atoms. The fourth-order valence-electron chi connectivity index (χ4n) is 1.11. The summed E-state index contributed by atoms with van der Waals surface area (Å²) in [6.45, 7) is 8.05. The van der Waals surface area contributed by atoms with Crippen molar-refractivity contribution in [3.05, 3.63) is 34.8 Å². The Kier molecular flexibility index (Phi) is 4.43. The molecular formula is C12H16N2S. The van der Waals surface area contributed by atoms with Crippen LogP contribution >= 0.6 is 11.3 Å². The third-order valence-electron chi connectivity index (χ3n) is 1.82. The third kappa shape index (κ3) is 3.13. The lowest BCUT2D eigenvalue weighted by atomic mass is 10.2. The summed E-state index contributed by atoms with van der Waals surface area (Å²) in [5.41, 5.74) is 2.42. The zero-order valence-electron chi connectivity index (χ0n) is 9.61. The number of rotatable bonds is 1. The third-order valence-corrected chi connectivity index (χ3v) is 2.71. The van der Waals surface area contributed by atoms with Crippen molar-refractivity contribution in [1.29, 1.82) is 0 Å². The highest BCUT2D eigenvalue weighted by Gasteiger charge is 2.02. The Morgan fingerprint density at radius 2 is 1.53 bits per heavy atom. The van der Waals surface area contributed by atoms with Crippen LogP contribution in [-0.4, -0.2) is 10.2 Å². The monoisotopic (exact) mass is 220 g/mol. The predicted octanol–water partition coefficient (Wildman–Crippen LogP) is 3.85. The maximum Gasteiger partial charge on any atom is 0.147 e. The molecule has 2 aromatic rings. The summed E-state index contributed by atoms with van der Waals surface area (Å²) in [5, 5.41) is 10.1. The standard InChI is InChI=1S/C10H10N2S.C2H6/c1-7-3-5-9(6-4-7)10-12-11-8(2)13-10;1-2/h3-6H,1-2H3;1-2H3. The van der Waals surface area contributed by atoms with Crippen LogP contribution in [0.15, 0.2) is 24.3 Å². The van der Waals surface area contributed by atoms with Gasteiger partial charge in [0.1, 0.15) is 10.0 Å². The van der Waals surface area contributed by atoms with Crippen LogP contribution in [-0.2, 0) is 0 Å². The number of aromatic nitrogens is 2. The second-order valence-corrected chi connectivity index (χ2v) is 4.17. The molecule has 1 aromatic heterocycles. The van der Waals surface area contributed by atoms with E-state index in [-0.39, 0.29) is 0 Å². The van der Waals surface area contributed by atoms with Crippen molar-refractivity contribution in [1.82, 2.24) is 10.2 Å². The van der Waals surface area contributed by atoms with E-state index in [4.69, 9.17) is 0 Å². The van der Waals surface area contributed by atoms with Gasteiger partial charge in [0.05, 0.1) is 0 Å². The molecule has 0 atom stereocenters. The van der Waals surface area contributed by atoms with E-state index in [9.17, 15) is 0 Å². The highest BCUT2D eigenvalue weighted by Crippen LogP contribution is 2.22. The lowest BCUT2D eigenvalue weighted by Crippen LogP contribution is -1.77. The van der Waals surface area contributed by atoms with Crippen LogP contribution in [0.25, 0.3) is 10.6 Å². The smallest absolute Gasteiger partial charge is 0.143 e. The fraction of sp³-hybridized carbons (Fsp3) is 0.333. The number of aryl methyl sites for hydroxylation is 2. The molecule has 0 aliphatic carbocycles. The van der Waals surface area contributed by atoms with Gasteiger partial charge in [-0.25, -0.2) is 0 Å². The van der Waals surface area contributed by atoms with Crippen molar-refractivity contribution in [3.63, 3.8) is 0 Å². The summed E-state index contributed by atoms with van der Waals surface area (Å²) < 4.78 is 0. The molecule has 3 heteroatoms. The van der Waals surface area contributed by atoms with Gasteiger partial charge in [0.25, 0.3) is 0 Å². The van der Waals surface area contributed by atoms with Gasteiger partial charge in [-0.05, 0) is 13.8 Å². The molecule has 0 N–H and O–H groups in total. The van der Waals surface area contributed by atoms with Gasteiger partial charge >= 0.3 is 0 Å². The molecule has 2 nitrogen and oxygen atoms in total. The molecule has 1 heterocycles. The molecule has 1 aromatic carbocycles. The van der Waals surface area contributed by atoms with Gasteiger partial charge in [-0.2, -0.15) is 0 Å². The largest absolute Gasteiger partial charge is 0.147 e. The molecule has 2 rings (SSSR count). The highest BCUT2D eigenvalue weighted by atomic mass is 32.1. The van der Waals surface area contributed by atoms with Crippen LogP contribution < -0.4 is 0 Å². The molecule has 0 unspecified atom stereocenters. The highest BCUT2D eigenvalue weighted by molar-refractivity contribution is 7.14. The Morgan fingerprint density at radius 3 is 2.00 bits per heavy atom. The van der Waals surface area contributed by atoms with E-state index < -0.39 is 0 Å². The van der Waals surface area contributed by atoms with Crippen LogP contribution in [0.3, 0.4) is 0 Å². The van der Waals surface area contributed by atoms with E-state index in [0.717, 1.165) is 15.6 Å². The average Bonchev–Trinajstić information content (AvgIpc) is 2.69. The first-order chi connectivity index (χ1) is 7.25. The van der Waals surface area contributed by atoms with Gasteiger partial charge in [-0.1, -0.05) is 55.0 Å². The zero-order chi connectivity index (χ0) is 11.3. The summed E-state index contributed by atoms with van der Waals surface area (Å²) in [4.78, 5) is 0. The Bertz CT molecular complexity index is 404. The number of nitrogens with zero attached hydrogens (tertiary/aromatic N) is 2. The van der Waals surface area contributed by atoms with Crippen LogP contribution in [0.1, 0.15) is 24.4 Å². The molecule has 0 saturated heterocycles. The van der Waals surface area contributed by atoms with Crippen LogP contribution in [0.5, 0.6) is 0 Å². The van der Waals surface area contributed by atoms with E-state index in [1.165, 1.54) is 5.56 Å². The topological polar surface area (TPSA) is 25.8 Å². The normalized spacial score (nSPS) is 9.33. The average molecular weight is 220 g/mol.